The Kier molecular flexibility index (Phi) is 11.2. The minimum absolute atomic E-state index is 0.139. The second kappa shape index (κ2) is 16.1. The van der Waals surface area contributed by atoms with Gasteiger partial charge in [0.2, 0.25) is 17.6 Å². The van der Waals surface area contributed by atoms with Crippen LogP contribution in [0.4, 0.5) is 14.5 Å². The number of nitrogens with one attached hydrogen (secondary N) is 5. The SMILES string of the molecule is NCC1CCC(C(=O)N[C@@H](Cc2ccc(-c3cc(F)c(C(=O)NC4CCNCC4)c(F)c3)cc2)C(=O)Nc2ccc(-c3nn[nH]n3)cc2)CC1. The van der Waals surface area contributed by atoms with Crippen molar-refractivity contribution in [2.45, 2.75) is 57.0 Å². The molecule has 0 unspecified atom stereocenters. The molecule has 2 fully saturated rings. The summed E-state index contributed by atoms with van der Waals surface area (Å²) in [6, 6.07) is 15.1. The zero-order chi connectivity index (χ0) is 35.0. The number of carbonyl (C=O) groups excluding carboxylic acids is 3. The minimum Gasteiger partial charge on any atom is -0.349 e. The molecular weight excluding hydrogens is 644 g/mol. The highest BCUT2D eigenvalue weighted by Gasteiger charge is 2.30. The van der Waals surface area contributed by atoms with Gasteiger partial charge in [-0.25, -0.2) is 8.78 Å². The lowest BCUT2D eigenvalue weighted by Crippen LogP contribution is -2.48. The number of nitrogens with two attached hydrogens (primary N) is 1. The summed E-state index contributed by atoms with van der Waals surface area (Å²) in [4.78, 5) is 39.7. The van der Waals surface area contributed by atoms with Crippen molar-refractivity contribution in [1.82, 2.24) is 36.6 Å². The van der Waals surface area contributed by atoms with Gasteiger partial charge in [0.25, 0.3) is 5.91 Å². The van der Waals surface area contributed by atoms with Crippen LogP contribution in [0.2, 0.25) is 0 Å². The summed E-state index contributed by atoms with van der Waals surface area (Å²) in [7, 11) is 0. The summed E-state index contributed by atoms with van der Waals surface area (Å²) in [5, 5.41) is 25.7. The maximum Gasteiger partial charge on any atom is 0.257 e. The number of rotatable bonds is 11. The predicted molar refractivity (Wildman–Crippen MR) is 184 cm³/mol. The van der Waals surface area contributed by atoms with Crippen molar-refractivity contribution in [3.8, 4) is 22.5 Å². The Morgan fingerprint density at radius 1 is 0.860 bits per heavy atom. The lowest BCUT2D eigenvalue weighted by molar-refractivity contribution is -0.130. The van der Waals surface area contributed by atoms with Crippen molar-refractivity contribution < 1.29 is 23.2 Å². The average molecular weight is 686 g/mol. The maximum absolute atomic E-state index is 15.1. The molecule has 0 bridgehead atoms. The maximum atomic E-state index is 15.1. The molecule has 1 atom stereocenters. The fourth-order valence-corrected chi connectivity index (χ4v) is 6.62. The molecule has 2 heterocycles. The molecule has 1 aliphatic heterocycles. The van der Waals surface area contributed by atoms with Crippen molar-refractivity contribution >= 4 is 23.4 Å². The van der Waals surface area contributed by atoms with Crippen LogP contribution in [0.3, 0.4) is 0 Å². The third kappa shape index (κ3) is 8.55. The first kappa shape index (κ1) is 34.8. The van der Waals surface area contributed by atoms with E-state index in [0.29, 0.717) is 60.8 Å². The van der Waals surface area contributed by atoms with Crippen LogP contribution in [0.25, 0.3) is 22.5 Å². The Bertz CT molecular complexity index is 1750. The number of anilines is 1. The van der Waals surface area contributed by atoms with E-state index in [4.69, 9.17) is 5.73 Å². The van der Waals surface area contributed by atoms with Crippen LogP contribution in [0, 0.1) is 23.5 Å². The zero-order valence-corrected chi connectivity index (χ0v) is 27.6. The zero-order valence-electron chi connectivity index (χ0n) is 27.6. The van der Waals surface area contributed by atoms with Crippen LogP contribution in [0.5, 0.6) is 0 Å². The molecule has 0 spiro atoms. The summed E-state index contributed by atoms with van der Waals surface area (Å²) in [5.74, 6) is -2.62. The number of aromatic nitrogens is 4. The summed E-state index contributed by atoms with van der Waals surface area (Å²) in [6.45, 7) is 2.06. The van der Waals surface area contributed by atoms with Gasteiger partial charge in [0.1, 0.15) is 23.2 Å². The number of hydrogen-bond donors (Lipinski definition) is 6. The van der Waals surface area contributed by atoms with Crippen LogP contribution in [-0.2, 0) is 16.0 Å². The van der Waals surface area contributed by atoms with Crippen LogP contribution in [0.15, 0.2) is 60.7 Å². The molecule has 3 aromatic carbocycles. The largest absolute Gasteiger partial charge is 0.349 e. The molecule has 50 heavy (non-hydrogen) atoms. The summed E-state index contributed by atoms with van der Waals surface area (Å²) >= 11 is 0. The highest BCUT2D eigenvalue weighted by molar-refractivity contribution is 5.98. The highest BCUT2D eigenvalue weighted by atomic mass is 19.1. The molecule has 262 valence electrons. The van der Waals surface area contributed by atoms with Gasteiger partial charge in [0, 0.05) is 29.6 Å². The first-order valence-electron chi connectivity index (χ1n) is 17.0. The Hall–Kier alpha value is -5.08. The van der Waals surface area contributed by atoms with E-state index < -0.39 is 35.1 Å². The van der Waals surface area contributed by atoms with Crippen molar-refractivity contribution in [3.63, 3.8) is 0 Å². The lowest BCUT2D eigenvalue weighted by atomic mass is 9.81. The molecule has 6 rings (SSSR count). The summed E-state index contributed by atoms with van der Waals surface area (Å²) in [6.07, 6.45) is 4.71. The molecule has 0 radical (unpaired) electrons. The molecule has 14 heteroatoms. The number of tetrazole rings is 1. The molecule has 4 aromatic rings. The molecule has 3 amide bonds. The Labute approximate surface area is 288 Å². The molecule has 1 aliphatic carbocycles. The molecule has 1 saturated carbocycles. The second-order valence-corrected chi connectivity index (χ2v) is 13.0. The van der Waals surface area contributed by atoms with E-state index in [0.717, 1.165) is 43.6 Å². The number of nitrogens with zero attached hydrogens (tertiary/aromatic N) is 3. The van der Waals surface area contributed by atoms with Crippen molar-refractivity contribution in [2.24, 2.45) is 17.6 Å². The van der Waals surface area contributed by atoms with E-state index in [1.165, 1.54) is 0 Å². The minimum atomic E-state index is -0.944. The van der Waals surface area contributed by atoms with Crippen molar-refractivity contribution in [2.75, 3.05) is 25.0 Å². The van der Waals surface area contributed by atoms with E-state index in [9.17, 15) is 14.4 Å². The summed E-state index contributed by atoms with van der Waals surface area (Å²) < 4.78 is 30.2. The van der Waals surface area contributed by atoms with E-state index in [1.54, 1.807) is 48.5 Å². The van der Waals surface area contributed by atoms with Crippen LogP contribution < -0.4 is 27.0 Å². The predicted octanol–water partition coefficient (Wildman–Crippen LogP) is 3.72. The van der Waals surface area contributed by atoms with Gasteiger partial charge >= 0.3 is 0 Å². The first-order valence-corrected chi connectivity index (χ1v) is 17.0. The third-order valence-electron chi connectivity index (χ3n) is 9.61. The Morgan fingerprint density at radius 2 is 1.52 bits per heavy atom. The standard InChI is InChI=1S/C36H41F2N9O3/c37-29-18-26(19-30(38)32(29)36(50)42-28-13-15-40-16-14-28)23-5-1-21(2-6-23)17-31(43-34(48)25-7-3-22(20-39)4-8-25)35(49)41-27-11-9-24(10-12-27)33-44-46-47-45-33/h1-2,5-6,9-12,18-19,22,25,28,31,40H,3-4,7-8,13-17,20,39H2,(H,41,49)(H,42,50)(H,43,48)(H,44,45,46,47)/t22?,25?,31-/m0/s1. The van der Waals surface area contributed by atoms with Crippen molar-refractivity contribution in [1.29, 1.82) is 0 Å². The second-order valence-electron chi connectivity index (χ2n) is 13.0. The van der Waals surface area contributed by atoms with Gasteiger partial charge in [-0.15, -0.1) is 10.2 Å². The average Bonchev–Trinajstić information content (AvgIpc) is 3.67. The summed E-state index contributed by atoms with van der Waals surface area (Å²) in [5.41, 5.74) is 7.99. The molecule has 7 N–H and O–H groups in total. The lowest BCUT2D eigenvalue weighted by Gasteiger charge is -2.28. The van der Waals surface area contributed by atoms with Gasteiger partial charge in [-0.05, 0) is 122 Å². The van der Waals surface area contributed by atoms with Gasteiger partial charge < -0.3 is 27.0 Å². The Morgan fingerprint density at radius 3 is 2.14 bits per heavy atom. The number of H-pyrrole nitrogens is 1. The fourth-order valence-electron chi connectivity index (χ4n) is 6.62. The number of piperidine rings is 1. The van der Waals surface area contributed by atoms with Crippen LogP contribution in [0.1, 0.15) is 54.4 Å². The van der Waals surface area contributed by atoms with Crippen LogP contribution >= 0.6 is 0 Å². The number of halogens is 2. The van der Waals surface area contributed by atoms with Gasteiger partial charge in [-0.2, -0.15) is 5.21 Å². The quantitative estimate of drug-likeness (QED) is 0.138. The number of hydrogen-bond acceptors (Lipinski definition) is 8. The smallest absolute Gasteiger partial charge is 0.257 e. The fraction of sp³-hybridized carbons (Fsp3) is 0.389. The number of carbonyl (C=O) groups is 3. The molecule has 1 aromatic heterocycles. The number of aromatic amines is 1. The molecular formula is C36H41F2N9O3. The third-order valence-corrected chi connectivity index (χ3v) is 9.61. The van der Waals surface area contributed by atoms with Gasteiger partial charge in [0.15, 0.2) is 0 Å². The van der Waals surface area contributed by atoms with Gasteiger partial charge in [-0.3, -0.25) is 14.4 Å². The normalized spacial score (nSPS) is 18.6. The number of amides is 3. The van der Waals surface area contributed by atoms with E-state index in [-0.39, 0.29) is 29.9 Å². The Balaban J connectivity index is 1.15. The molecule has 2 aliphatic rings. The monoisotopic (exact) mass is 685 g/mol. The van der Waals surface area contributed by atoms with E-state index in [2.05, 4.69) is 41.9 Å². The molecule has 1 saturated heterocycles. The van der Waals surface area contributed by atoms with Gasteiger partial charge in [-0.1, -0.05) is 24.3 Å². The molecule has 12 nitrogen and oxygen atoms in total. The van der Waals surface area contributed by atoms with E-state index in [1.807, 2.05) is 0 Å². The van der Waals surface area contributed by atoms with Gasteiger partial charge in [0.05, 0.1) is 0 Å². The topological polar surface area (TPSA) is 180 Å². The first-order chi connectivity index (χ1) is 24.3. The van der Waals surface area contributed by atoms with E-state index >= 15 is 8.78 Å². The van der Waals surface area contributed by atoms with Crippen LogP contribution in [-0.4, -0.2) is 70.1 Å². The van der Waals surface area contributed by atoms with Crippen molar-refractivity contribution in [3.05, 3.63) is 83.4 Å². The number of benzene rings is 3. The highest BCUT2D eigenvalue weighted by Crippen LogP contribution is 2.29.